The molecule has 9 nitrogen and oxygen atoms in total. The third-order valence-corrected chi connectivity index (χ3v) is 1.88. The lowest BCUT2D eigenvalue weighted by Gasteiger charge is -2.08. The molecule has 1 atom stereocenters. The second kappa shape index (κ2) is 5.92. The van der Waals surface area contributed by atoms with Gasteiger partial charge in [-0.05, 0) is 0 Å². The van der Waals surface area contributed by atoms with Crippen LogP contribution in [0.3, 0.4) is 0 Å². The lowest BCUT2D eigenvalue weighted by atomic mass is 10.4. The average Bonchev–Trinajstić information content (AvgIpc) is 2.74. The first-order valence-electron chi connectivity index (χ1n) is 4.75. The molecule has 1 heterocycles. The Morgan fingerprint density at radius 3 is 2.94 bits per heavy atom. The van der Waals surface area contributed by atoms with E-state index >= 15 is 0 Å². The Bertz CT molecular complexity index is 404. The van der Waals surface area contributed by atoms with Gasteiger partial charge in [0.2, 0.25) is 5.91 Å². The summed E-state index contributed by atoms with van der Waals surface area (Å²) in [6.45, 7) is -0.724. The number of hydrogen-bond acceptors (Lipinski definition) is 6. The Morgan fingerprint density at radius 2 is 2.41 bits per heavy atom. The van der Waals surface area contributed by atoms with Crippen molar-refractivity contribution >= 4 is 11.6 Å². The van der Waals surface area contributed by atoms with Gasteiger partial charge in [-0.2, -0.15) is 5.10 Å². The van der Waals surface area contributed by atoms with Crippen LogP contribution in [0.5, 0.6) is 0 Å². The molecule has 0 spiro atoms. The number of aromatic nitrogens is 2. The van der Waals surface area contributed by atoms with E-state index in [9.17, 15) is 14.9 Å². The summed E-state index contributed by atoms with van der Waals surface area (Å²) in [7, 11) is 0. The van der Waals surface area contributed by atoms with E-state index in [0.717, 1.165) is 17.1 Å². The summed E-state index contributed by atoms with van der Waals surface area (Å²) >= 11 is 0. The highest BCUT2D eigenvalue weighted by molar-refractivity contribution is 5.75. The Labute approximate surface area is 95.8 Å². The second-order valence-corrected chi connectivity index (χ2v) is 3.29. The van der Waals surface area contributed by atoms with Crippen LogP contribution >= 0.6 is 0 Å². The standard InChI is InChI=1S/C8H12N4O5/c13-5-7(14)2-9-8(15)4-11-3-6(1-10-11)12(16)17/h1,3,7,13-14H,2,4-5H2,(H,9,15). The van der Waals surface area contributed by atoms with E-state index in [1.807, 2.05) is 0 Å². The molecule has 0 fully saturated rings. The zero-order chi connectivity index (χ0) is 12.8. The van der Waals surface area contributed by atoms with Crippen LogP contribution in [0.1, 0.15) is 0 Å². The van der Waals surface area contributed by atoms with E-state index in [1.54, 1.807) is 0 Å². The molecule has 0 aliphatic carbocycles. The van der Waals surface area contributed by atoms with Gasteiger partial charge in [-0.3, -0.25) is 19.6 Å². The van der Waals surface area contributed by atoms with Crippen LogP contribution in [0.2, 0.25) is 0 Å². The molecule has 9 heteroatoms. The van der Waals surface area contributed by atoms with Crippen LogP contribution in [0.25, 0.3) is 0 Å². The first-order valence-corrected chi connectivity index (χ1v) is 4.75. The Morgan fingerprint density at radius 1 is 1.71 bits per heavy atom. The molecule has 94 valence electrons. The minimum atomic E-state index is -1.02. The van der Waals surface area contributed by atoms with Crippen molar-refractivity contribution in [1.29, 1.82) is 0 Å². The summed E-state index contributed by atoms with van der Waals surface area (Å²) in [5.74, 6) is -0.463. The lowest BCUT2D eigenvalue weighted by molar-refractivity contribution is -0.385. The van der Waals surface area contributed by atoms with E-state index in [2.05, 4.69) is 10.4 Å². The van der Waals surface area contributed by atoms with Crippen LogP contribution < -0.4 is 5.32 Å². The number of amides is 1. The van der Waals surface area contributed by atoms with E-state index in [1.165, 1.54) is 0 Å². The van der Waals surface area contributed by atoms with E-state index in [4.69, 9.17) is 10.2 Å². The van der Waals surface area contributed by atoms with Crippen molar-refractivity contribution in [2.24, 2.45) is 0 Å². The maximum atomic E-state index is 11.3. The minimum Gasteiger partial charge on any atom is -0.394 e. The number of nitrogens with zero attached hydrogens (tertiary/aromatic N) is 3. The molecule has 0 saturated carbocycles. The second-order valence-electron chi connectivity index (χ2n) is 3.29. The zero-order valence-electron chi connectivity index (χ0n) is 8.81. The van der Waals surface area contributed by atoms with Gasteiger partial charge in [0.05, 0.1) is 17.6 Å². The number of nitro groups is 1. The zero-order valence-corrected chi connectivity index (χ0v) is 8.81. The highest BCUT2D eigenvalue weighted by Crippen LogP contribution is 2.07. The fourth-order valence-electron chi connectivity index (χ4n) is 1.03. The molecule has 0 aliphatic rings. The van der Waals surface area contributed by atoms with Crippen molar-refractivity contribution in [1.82, 2.24) is 15.1 Å². The van der Waals surface area contributed by atoms with Crippen molar-refractivity contribution < 1.29 is 19.9 Å². The topological polar surface area (TPSA) is 131 Å². The van der Waals surface area contributed by atoms with Crippen LogP contribution in [-0.2, 0) is 11.3 Å². The van der Waals surface area contributed by atoms with Gasteiger partial charge in [-0.25, -0.2) is 0 Å². The Balaban J connectivity index is 2.42. The molecule has 17 heavy (non-hydrogen) atoms. The number of aliphatic hydroxyl groups is 2. The molecule has 3 N–H and O–H groups in total. The first-order chi connectivity index (χ1) is 8.02. The number of carbonyl (C=O) groups is 1. The molecule has 0 aromatic carbocycles. The van der Waals surface area contributed by atoms with Crippen molar-refractivity contribution in [3.63, 3.8) is 0 Å². The fourth-order valence-corrected chi connectivity index (χ4v) is 1.03. The molecule has 0 bridgehead atoms. The van der Waals surface area contributed by atoms with Crippen molar-refractivity contribution in [2.75, 3.05) is 13.2 Å². The average molecular weight is 244 g/mol. The largest absolute Gasteiger partial charge is 0.394 e. The minimum absolute atomic E-state index is 0.0846. The monoisotopic (exact) mass is 244 g/mol. The Kier molecular flexibility index (Phi) is 4.55. The summed E-state index contributed by atoms with van der Waals surface area (Å²) in [6.07, 6.45) is 1.14. The lowest BCUT2D eigenvalue weighted by Crippen LogP contribution is -2.35. The van der Waals surface area contributed by atoms with Crippen LogP contribution in [-0.4, -0.2) is 50.1 Å². The summed E-state index contributed by atoms with van der Waals surface area (Å²) in [4.78, 5) is 21.0. The number of aliphatic hydroxyl groups excluding tert-OH is 2. The van der Waals surface area contributed by atoms with Crippen LogP contribution in [0.4, 0.5) is 5.69 Å². The van der Waals surface area contributed by atoms with Gasteiger partial charge in [0, 0.05) is 6.54 Å². The molecule has 1 aromatic rings. The molecule has 1 unspecified atom stereocenters. The molecule has 0 aliphatic heterocycles. The quantitative estimate of drug-likeness (QED) is 0.402. The number of carbonyl (C=O) groups excluding carboxylic acids is 1. The van der Waals surface area contributed by atoms with Gasteiger partial charge in [0.25, 0.3) is 0 Å². The highest BCUT2D eigenvalue weighted by atomic mass is 16.6. The van der Waals surface area contributed by atoms with Gasteiger partial charge >= 0.3 is 5.69 Å². The molecular formula is C8H12N4O5. The molecule has 1 rings (SSSR count). The molecule has 0 radical (unpaired) electrons. The maximum Gasteiger partial charge on any atom is 0.307 e. The third-order valence-electron chi connectivity index (χ3n) is 1.88. The van der Waals surface area contributed by atoms with Crippen molar-refractivity contribution in [2.45, 2.75) is 12.6 Å². The van der Waals surface area contributed by atoms with Gasteiger partial charge in [0.15, 0.2) is 0 Å². The smallest absolute Gasteiger partial charge is 0.307 e. The summed E-state index contributed by atoms with van der Waals surface area (Å²) < 4.78 is 1.11. The molecule has 1 amide bonds. The fraction of sp³-hybridized carbons (Fsp3) is 0.500. The molecular weight excluding hydrogens is 232 g/mol. The molecule has 0 saturated heterocycles. The molecule has 1 aromatic heterocycles. The van der Waals surface area contributed by atoms with Crippen molar-refractivity contribution in [3.8, 4) is 0 Å². The van der Waals surface area contributed by atoms with E-state index < -0.39 is 23.5 Å². The van der Waals surface area contributed by atoms with E-state index in [-0.39, 0.29) is 18.8 Å². The SMILES string of the molecule is O=C(Cn1cc([N+](=O)[O-])cn1)NCC(O)CO. The van der Waals surface area contributed by atoms with Crippen LogP contribution in [0, 0.1) is 10.1 Å². The number of rotatable bonds is 6. The number of nitrogens with one attached hydrogen (secondary N) is 1. The maximum absolute atomic E-state index is 11.3. The summed E-state index contributed by atoms with van der Waals surface area (Å²) in [6, 6.07) is 0. The number of hydrogen-bond donors (Lipinski definition) is 3. The third kappa shape index (κ3) is 4.17. The summed E-state index contributed by atoms with van der Waals surface area (Å²) in [5, 5.41) is 33.8. The van der Waals surface area contributed by atoms with Crippen molar-refractivity contribution in [3.05, 3.63) is 22.5 Å². The highest BCUT2D eigenvalue weighted by Gasteiger charge is 2.11. The van der Waals surface area contributed by atoms with Gasteiger partial charge in [-0.1, -0.05) is 0 Å². The predicted molar refractivity (Wildman–Crippen MR) is 55.0 cm³/mol. The normalized spacial score (nSPS) is 12.1. The van der Waals surface area contributed by atoms with E-state index in [0.29, 0.717) is 0 Å². The van der Waals surface area contributed by atoms with Gasteiger partial charge in [-0.15, -0.1) is 0 Å². The van der Waals surface area contributed by atoms with Gasteiger partial charge < -0.3 is 15.5 Å². The Hall–Kier alpha value is -2.00. The first kappa shape index (κ1) is 13.1. The predicted octanol–water partition coefficient (Wildman–Crippen LogP) is -1.74. The summed E-state index contributed by atoms with van der Waals surface area (Å²) in [5.41, 5.74) is -0.201. The van der Waals surface area contributed by atoms with Crippen LogP contribution in [0.15, 0.2) is 12.4 Å². The van der Waals surface area contributed by atoms with Gasteiger partial charge in [0.1, 0.15) is 18.9 Å².